The lowest BCUT2D eigenvalue weighted by atomic mass is 10.3. The monoisotopic (exact) mass is 290 g/mol. The minimum absolute atomic E-state index is 0.574. The number of hydrogen-bond donors (Lipinski definition) is 2. The quantitative estimate of drug-likeness (QED) is 0.825. The molecule has 2 N–H and O–H groups in total. The molecule has 0 aliphatic rings. The van der Waals surface area contributed by atoms with Crippen molar-refractivity contribution in [3.05, 3.63) is 42.5 Å². The van der Waals surface area contributed by atoms with Gasteiger partial charge < -0.3 is 19.9 Å². The minimum atomic E-state index is 0.574. The van der Waals surface area contributed by atoms with Gasteiger partial charge in [0.15, 0.2) is 5.11 Å². The van der Waals surface area contributed by atoms with Gasteiger partial charge in [-0.05, 0) is 24.4 Å². The highest BCUT2D eigenvalue weighted by atomic mass is 32.1. The van der Waals surface area contributed by atoms with Gasteiger partial charge in [0.05, 0.1) is 24.8 Å². The summed E-state index contributed by atoms with van der Waals surface area (Å²) in [7, 11) is 3.59. The first-order valence-corrected chi connectivity index (χ1v) is 6.74. The number of ether oxygens (including phenoxy) is 1. The standard InChI is InChI=1S/C14H18N4OS/c1-18-9-11(16-10-18)7-8-15-14(20)17-12-5-3-4-6-13(12)19-2/h3-6,9-10H,7-8H2,1-2H3,(H2,15,17,20). The van der Waals surface area contributed by atoms with E-state index in [0.717, 1.165) is 30.1 Å². The number of rotatable bonds is 5. The number of aromatic nitrogens is 2. The summed E-state index contributed by atoms with van der Waals surface area (Å²) >= 11 is 5.26. The highest BCUT2D eigenvalue weighted by Gasteiger charge is 2.03. The van der Waals surface area contributed by atoms with Crippen LogP contribution in [0.2, 0.25) is 0 Å². The van der Waals surface area contributed by atoms with Crippen LogP contribution in [-0.2, 0) is 13.5 Å². The Balaban J connectivity index is 1.80. The number of aryl methyl sites for hydroxylation is 1. The summed E-state index contributed by atoms with van der Waals surface area (Å²) in [5, 5.41) is 6.85. The van der Waals surface area contributed by atoms with Crippen LogP contribution in [0.1, 0.15) is 5.69 Å². The van der Waals surface area contributed by atoms with Gasteiger partial charge in [0.2, 0.25) is 0 Å². The highest BCUT2D eigenvalue weighted by Crippen LogP contribution is 2.22. The third-order valence-corrected chi connectivity index (χ3v) is 3.03. The summed E-state index contributed by atoms with van der Waals surface area (Å²) in [5.74, 6) is 0.765. The van der Waals surface area contributed by atoms with Gasteiger partial charge in [0, 0.05) is 26.2 Å². The molecule has 0 spiro atoms. The van der Waals surface area contributed by atoms with Crippen molar-refractivity contribution in [3.8, 4) is 5.75 Å². The molecule has 0 atom stereocenters. The van der Waals surface area contributed by atoms with Crippen molar-refractivity contribution in [3.63, 3.8) is 0 Å². The third kappa shape index (κ3) is 3.96. The molecule has 2 aromatic rings. The van der Waals surface area contributed by atoms with E-state index in [1.165, 1.54) is 0 Å². The summed E-state index contributed by atoms with van der Waals surface area (Å²) in [6.45, 7) is 0.734. The lowest BCUT2D eigenvalue weighted by molar-refractivity contribution is 0.417. The van der Waals surface area contributed by atoms with Crippen LogP contribution in [0.4, 0.5) is 5.69 Å². The molecule has 1 aromatic heterocycles. The zero-order chi connectivity index (χ0) is 14.4. The Bertz CT molecular complexity index is 582. The molecule has 6 heteroatoms. The maximum atomic E-state index is 5.26. The van der Waals surface area contributed by atoms with Crippen LogP contribution in [0.25, 0.3) is 0 Å². The van der Waals surface area contributed by atoms with Gasteiger partial charge in [-0.2, -0.15) is 0 Å². The lowest BCUT2D eigenvalue weighted by Crippen LogP contribution is -2.30. The summed E-state index contributed by atoms with van der Waals surface area (Å²) in [6.07, 6.45) is 4.62. The molecule has 0 saturated heterocycles. The maximum absolute atomic E-state index is 5.26. The van der Waals surface area contributed by atoms with Crippen LogP contribution in [0.15, 0.2) is 36.8 Å². The number of anilines is 1. The van der Waals surface area contributed by atoms with Crippen LogP contribution in [0.5, 0.6) is 5.75 Å². The van der Waals surface area contributed by atoms with Gasteiger partial charge in [-0.15, -0.1) is 0 Å². The predicted octanol–water partition coefficient (Wildman–Crippen LogP) is 1.96. The molecular weight excluding hydrogens is 272 g/mol. The number of nitrogens with one attached hydrogen (secondary N) is 2. The van der Waals surface area contributed by atoms with E-state index in [4.69, 9.17) is 17.0 Å². The van der Waals surface area contributed by atoms with Crippen LogP contribution >= 0.6 is 12.2 Å². The van der Waals surface area contributed by atoms with Gasteiger partial charge in [-0.25, -0.2) is 4.98 Å². The fraction of sp³-hybridized carbons (Fsp3) is 0.286. The Labute approximate surface area is 124 Å². The third-order valence-electron chi connectivity index (χ3n) is 2.78. The van der Waals surface area contributed by atoms with Crippen LogP contribution in [0.3, 0.4) is 0 Å². The van der Waals surface area contributed by atoms with Crippen LogP contribution in [-0.4, -0.2) is 28.3 Å². The first-order chi connectivity index (χ1) is 9.69. The summed E-state index contributed by atoms with van der Waals surface area (Å²) < 4.78 is 7.19. The number of hydrogen-bond acceptors (Lipinski definition) is 3. The smallest absolute Gasteiger partial charge is 0.170 e. The van der Waals surface area contributed by atoms with E-state index >= 15 is 0 Å². The SMILES string of the molecule is COc1ccccc1NC(=S)NCCc1cn(C)cn1. The normalized spacial score (nSPS) is 10.1. The molecular formula is C14H18N4OS. The van der Waals surface area contributed by atoms with Gasteiger partial charge >= 0.3 is 0 Å². The molecule has 0 bridgehead atoms. The van der Waals surface area contributed by atoms with E-state index in [1.807, 2.05) is 42.1 Å². The van der Waals surface area contributed by atoms with Crippen LogP contribution < -0.4 is 15.4 Å². The topological polar surface area (TPSA) is 51.1 Å². The zero-order valence-electron chi connectivity index (χ0n) is 11.6. The van der Waals surface area contributed by atoms with Crippen molar-refractivity contribution in [2.45, 2.75) is 6.42 Å². The van der Waals surface area contributed by atoms with Gasteiger partial charge in [0.25, 0.3) is 0 Å². The van der Waals surface area contributed by atoms with Crippen molar-refractivity contribution in [1.29, 1.82) is 0 Å². The molecule has 106 valence electrons. The Kier molecular flexibility index (Phi) is 4.95. The molecule has 5 nitrogen and oxygen atoms in total. The highest BCUT2D eigenvalue weighted by molar-refractivity contribution is 7.80. The van der Waals surface area contributed by atoms with E-state index in [2.05, 4.69) is 15.6 Å². The molecule has 1 heterocycles. The number of para-hydroxylation sites is 2. The molecule has 0 fully saturated rings. The number of benzene rings is 1. The second kappa shape index (κ2) is 6.91. The Morgan fingerprint density at radius 2 is 2.20 bits per heavy atom. The van der Waals surface area contributed by atoms with Gasteiger partial charge in [-0.3, -0.25) is 0 Å². The average Bonchev–Trinajstić information content (AvgIpc) is 2.85. The number of imidazole rings is 1. The molecule has 1 aromatic carbocycles. The second-order valence-corrected chi connectivity index (χ2v) is 4.77. The number of nitrogens with zero attached hydrogens (tertiary/aromatic N) is 2. The van der Waals surface area contributed by atoms with Gasteiger partial charge in [-0.1, -0.05) is 12.1 Å². The molecule has 0 radical (unpaired) electrons. The first kappa shape index (κ1) is 14.3. The fourth-order valence-corrected chi connectivity index (χ4v) is 2.03. The van der Waals surface area contributed by atoms with E-state index < -0.39 is 0 Å². The fourth-order valence-electron chi connectivity index (χ4n) is 1.81. The molecule has 0 aliphatic heterocycles. The van der Waals surface area contributed by atoms with Crippen molar-refractivity contribution in [2.75, 3.05) is 19.0 Å². The summed E-state index contributed by atoms with van der Waals surface area (Å²) in [6, 6.07) is 7.66. The Hall–Kier alpha value is -2.08. The summed E-state index contributed by atoms with van der Waals surface area (Å²) in [5.41, 5.74) is 1.89. The number of methoxy groups -OCH3 is 1. The van der Waals surface area contributed by atoms with E-state index in [1.54, 1.807) is 13.4 Å². The Morgan fingerprint density at radius 3 is 2.90 bits per heavy atom. The first-order valence-electron chi connectivity index (χ1n) is 6.34. The lowest BCUT2D eigenvalue weighted by Gasteiger charge is -2.12. The van der Waals surface area contributed by atoms with Crippen molar-refractivity contribution < 1.29 is 4.74 Å². The molecule has 2 rings (SSSR count). The van der Waals surface area contributed by atoms with E-state index in [0.29, 0.717) is 5.11 Å². The molecule has 0 saturated carbocycles. The van der Waals surface area contributed by atoms with Crippen molar-refractivity contribution in [2.24, 2.45) is 7.05 Å². The van der Waals surface area contributed by atoms with Crippen molar-refractivity contribution >= 4 is 23.0 Å². The second-order valence-electron chi connectivity index (χ2n) is 4.36. The van der Waals surface area contributed by atoms with Crippen molar-refractivity contribution in [1.82, 2.24) is 14.9 Å². The van der Waals surface area contributed by atoms with E-state index in [-0.39, 0.29) is 0 Å². The zero-order valence-corrected chi connectivity index (χ0v) is 12.4. The predicted molar refractivity (Wildman–Crippen MR) is 84.1 cm³/mol. The molecule has 0 unspecified atom stereocenters. The molecule has 0 amide bonds. The molecule has 20 heavy (non-hydrogen) atoms. The maximum Gasteiger partial charge on any atom is 0.170 e. The van der Waals surface area contributed by atoms with Gasteiger partial charge in [0.1, 0.15) is 5.75 Å². The van der Waals surface area contributed by atoms with Crippen LogP contribution in [0, 0.1) is 0 Å². The van der Waals surface area contributed by atoms with E-state index in [9.17, 15) is 0 Å². The largest absolute Gasteiger partial charge is 0.495 e. The molecule has 0 aliphatic carbocycles. The Morgan fingerprint density at radius 1 is 1.40 bits per heavy atom. The average molecular weight is 290 g/mol. The summed E-state index contributed by atoms with van der Waals surface area (Å²) in [4.78, 5) is 4.26. The minimum Gasteiger partial charge on any atom is -0.495 e. The number of thiocarbonyl (C=S) groups is 1.